The number of rotatable bonds is 13. The summed E-state index contributed by atoms with van der Waals surface area (Å²) >= 11 is 0. The molecule has 4 heteroatoms. The molecule has 0 aromatic rings. The Bertz CT molecular complexity index is 150. The molecule has 0 saturated carbocycles. The van der Waals surface area contributed by atoms with Crippen LogP contribution in [-0.4, -0.2) is 26.0 Å². The van der Waals surface area contributed by atoms with Crippen LogP contribution in [0.1, 0.15) is 66.2 Å². The average Bonchev–Trinajstić information content (AvgIpc) is 2.39. The third kappa shape index (κ3) is 8.42. The summed E-state index contributed by atoms with van der Waals surface area (Å²) in [7, 11) is -2.38. The van der Waals surface area contributed by atoms with Gasteiger partial charge in [-0.1, -0.05) is 0 Å². The van der Waals surface area contributed by atoms with Crippen LogP contribution in [0, 0.1) is 0 Å². The van der Waals surface area contributed by atoms with Gasteiger partial charge in [0.2, 0.25) is 0 Å². The van der Waals surface area contributed by atoms with Crippen LogP contribution >= 0.6 is 7.94 Å². The molecule has 0 aromatic heterocycles. The van der Waals surface area contributed by atoms with Crippen LogP contribution in [0.15, 0.2) is 0 Å². The molecular formula is C14H33O3P. The molecule has 0 heterocycles. The van der Waals surface area contributed by atoms with Gasteiger partial charge in [-0.05, 0) is 0 Å². The zero-order valence-electron chi connectivity index (χ0n) is 12.8. The van der Waals surface area contributed by atoms with E-state index in [1.54, 1.807) is 0 Å². The van der Waals surface area contributed by atoms with E-state index in [1.807, 2.05) is 0 Å². The van der Waals surface area contributed by atoms with Crippen molar-refractivity contribution in [1.29, 1.82) is 0 Å². The van der Waals surface area contributed by atoms with Crippen LogP contribution in [0.2, 0.25) is 0 Å². The molecule has 0 rings (SSSR count). The predicted octanol–water partition coefficient (Wildman–Crippen LogP) is 4.95. The third-order valence-corrected chi connectivity index (χ3v) is 5.69. The van der Waals surface area contributed by atoms with Gasteiger partial charge in [0.05, 0.1) is 0 Å². The number of hydrogen-bond acceptors (Lipinski definition) is 3. The summed E-state index contributed by atoms with van der Waals surface area (Å²) in [6.45, 7) is 11.0. The van der Waals surface area contributed by atoms with Crippen LogP contribution < -0.4 is 0 Å². The molecule has 112 valence electrons. The summed E-state index contributed by atoms with van der Waals surface area (Å²) in [5.41, 5.74) is 0. The van der Waals surface area contributed by atoms with Gasteiger partial charge in [-0.25, -0.2) is 0 Å². The van der Waals surface area contributed by atoms with Crippen LogP contribution in [0.5, 0.6) is 0 Å². The molecule has 0 aliphatic rings. The molecule has 0 unspecified atom stereocenters. The molecule has 0 N–H and O–H groups in total. The van der Waals surface area contributed by atoms with Gasteiger partial charge < -0.3 is 0 Å². The zero-order chi connectivity index (χ0) is 13.7. The van der Waals surface area contributed by atoms with E-state index in [-0.39, 0.29) is 0 Å². The van der Waals surface area contributed by atoms with Crippen molar-refractivity contribution < 1.29 is 13.6 Å². The quantitative estimate of drug-likeness (QED) is 0.353. The molecule has 0 spiro atoms. The predicted molar refractivity (Wildman–Crippen MR) is 81.4 cm³/mol. The van der Waals surface area contributed by atoms with E-state index in [9.17, 15) is 0 Å². The van der Waals surface area contributed by atoms with Crippen LogP contribution in [0.3, 0.4) is 0 Å². The maximum absolute atomic E-state index is 6.01. The number of hydrogen-bond donors (Lipinski definition) is 0. The second-order valence-electron chi connectivity index (χ2n) is 4.64. The summed E-state index contributed by atoms with van der Waals surface area (Å²) in [5, 5.41) is 0. The van der Waals surface area contributed by atoms with Gasteiger partial charge in [-0.15, -0.1) is 0 Å². The Morgan fingerprint density at radius 2 is 0.944 bits per heavy atom. The van der Waals surface area contributed by atoms with Crippen molar-refractivity contribution in [2.75, 3.05) is 26.0 Å². The monoisotopic (exact) mass is 280 g/mol. The molecule has 0 saturated heterocycles. The molecule has 0 amide bonds. The summed E-state index contributed by atoms with van der Waals surface area (Å²) in [6, 6.07) is 0. The maximum atomic E-state index is 6.01. The van der Waals surface area contributed by atoms with Crippen molar-refractivity contribution in [3.63, 3.8) is 0 Å². The van der Waals surface area contributed by atoms with E-state index < -0.39 is 7.94 Å². The zero-order valence-corrected chi connectivity index (χ0v) is 13.8. The first-order chi connectivity index (χ1) is 8.74. The van der Waals surface area contributed by atoms with Crippen molar-refractivity contribution in [2.24, 2.45) is 0 Å². The minimum absolute atomic E-state index is 0.773. The summed E-state index contributed by atoms with van der Waals surface area (Å²) < 4.78 is 18.0. The average molecular weight is 280 g/mol. The molecule has 0 radical (unpaired) electrons. The van der Waals surface area contributed by atoms with Crippen molar-refractivity contribution in [3.8, 4) is 0 Å². The molecule has 0 atom stereocenters. The first-order valence-electron chi connectivity index (χ1n) is 7.66. The molecule has 18 heavy (non-hydrogen) atoms. The Hall–Kier alpha value is 0.310. The summed E-state index contributed by atoms with van der Waals surface area (Å²) in [6.07, 6.45) is 7.59. The standard InChI is InChI=1S/C14H33O3P/c1-5-9-12-15-18(8-4,16-13-10-6-2)17-14-11-7-3/h18H,5-14H2,1-4H3. The molecule has 0 aliphatic heterocycles. The van der Waals surface area contributed by atoms with Gasteiger partial charge in [0.25, 0.3) is 0 Å². The minimum atomic E-state index is -2.38. The first kappa shape index (κ1) is 18.3. The van der Waals surface area contributed by atoms with Crippen molar-refractivity contribution in [2.45, 2.75) is 66.2 Å². The van der Waals surface area contributed by atoms with Gasteiger partial charge in [0, 0.05) is 0 Å². The van der Waals surface area contributed by atoms with Crippen molar-refractivity contribution in [3.05, 3.63) is 0 Å². The van der Waals surface area contributed by atoms with Crippen molar-refractivity contribution in [1.82, 2.24) is 0 Å². The molecule has 0 aliphatic carbocycles. The molecule has 3 nitrogen and oxygen atoms in total. The van der Waals surface area contributed by atoms with Crippen LogP contribution in [-0.2, 0) is 13.6 Å². The van der Waals surface area contributed by atoms with Gasteiger partial charge >= 0.3 is 114 Å². The fraction of sp³-hybridized carbons (Fsp3) is 1.00. The molecular weight excluding hydrogens is 247 g/mol. The van der Waals surface area contributed by atoms with Crippen molar-refractivity contribution >= 4 is 7.94 Å². The van der Waals surface area contributed by atoms with Gasteiger partial charge in [-0.2, -0.15) is 0 Å². The fourth-order valence-electron chi connectivity index (χ4n) is 1.55. The van der Waals surface area contributed by atoms with E-state index in [0.29, 0.717) is 0 Å². The van der Waals surface area contributed by atoms with E-state index in [1.165, 1.54) is 0 Å². The second kappa shape index (κ2) is 12.3. The first-order valence-corrected chi connectivity index (χ1v) is 9.59. The van der Waals surface area contributed by atoms with Crippen LogP contribution in [0.25, 0.3) is 0 Å². The van der Waals surface area contributed by atoms with E-state index in [4.69, 9.17) is 13.6 Å². The normalized spacial score (nSPS) is 12.9. The van der Waals surface area contributed by atoms with Gasteiger partial charge in [0.15, 0.2) is 0 Å². The fourth-order valence-corrected chi connectivity index (χ4v) is 3.78. The summed E-state index contributed by atoms with van der Waals surface area (Å²) in [4.78, 5) is 0. The molecule has 0 bridgehead atoms. The third-order valence-electron chi connectivity index (χ3n) is 2.89. The Labute approximate surface area is 114 Å². The van der Waals surface area contributed by atoms with E-state index in [0.717, 1.165) is 64.5 Å². The Morgan fingerprint density at radius 1 is 0.611 bits per heavy atom. The Morgan fingerprint density at radius 3 is 1.17 bits per heavy atom. The second-order valence-corrected chi connectivity index (χ2v) is 7.58. The number of unbranched alkanes of at least 4 members (excludes halogenated alkanes) is 3. The van der Waals surface area contributed by atoms with Gasteiger partial charge in [-0.3, -0.25) is 0 Å². The van der Waals surface area contributed by atoms with E-state index in [2.05, 4.69) is 27.7 Å². The SMILES string of the molecule is CCCCO[PH](CC)(OCCCC)OCCCC. The topological polar surface area (TPSA) is 27.7 Å². The molecule has 0 aromatic carbocycles. The summed E-state index contributed by atoms with van der Waals surface area (Å²) in [5.74, 6) is 0. The Balaban J connectivity index is 4.20. The molecule has 0 fully saturated rings. The van der Waals surface area contributed by atoms with Gasteiger partial charge in [0.1, 0.15) is 0 Å². The Kier molecular flexibility index (Phi) is 12.6. The van der Waals surface area contributed by atoms with Crippen LogP contribution in [0.4, 0.5) is 0 Å². The van der Waals surface area contributed by atoms with E-state index >= 15 is 0 Å².